The molecule has 0 atom stereocenters. The number of nitrogens with zero attached hydrogens (tertiary/aromatic N) is 4. The average Bonchev–Trinajstić information content (AvgIpc) is 2.86. The fraction of sp³-hybridized carbons (Fsp3) is 0.692. The van der Waals surface area contributed by atoms with Crippen molar-refractivity contribution < 1.29 is 14.3 Å². The van der Waals surface area contributed by atoms with Gasteiger partial charge < -0.3 is 9.30 Å². The lowest BCUT2D eigenvalue weighted by molar-refractivity contribution is -0.158. The molecule has 0 unspecified atom stereocenters. The lowest BCUT2D eigenvalue weighted by Crippen LogP contribution is -2.44. The molecule has 0 bridgehead atoms. The first-order valence-corrected chi connectivity index (χ1v) is 6.74. The van der Waals surface area contributed by atoms with Gasteiger partial charge in [-0.15, -0.1) is 10.2 Å². The van der Waals surface area contributed by atoms with Gasteiger partial charge in [0.15, 0.2) is 5.78 Å². The van der Waals surface area contributed by atoms with Crippen molar-refractivity contribution in [3.63, 3.8) is 0 Å². The topological polar surface area (TPSA) is 77.3 Å². The molecule has 1 aliphatic heterocycles. The van der Waals surface area contributed by atoms with E-state index in [0.29, 0.717) is 6.54 Å². The molecule has 7 nitrogen and oxygen atoms in total. The summed E-state index contributed by atoms with van der Waals surface area (Å²) in [4.78, 5) is 26.1. The van der Waals surface area contributed by atoms with Crippen LogP contribution in [0.2, 0.25) is 0 Å². The second-order valence-corrected chi connectivity index (χ2v) is 5.42. The zero-order valence-electron chi connectivity index (χ0n) is 12.1. The van der Waals surface area contributed by atoms with Crippen molar-refractivity contribution in [2.24, 2.45) is 5.41 Å². The van der Waals surface area contributed by atoms with Gasteiger partial charge in [-0.2, -0.15) is 0 Å². The second kappa shape index (κ2) is 5.70. The Morgan fingerprint density at radius 1 is 1.40 bits per heavy atom. The number of aromatic nitrogens is 3. The molecular formula is C13H20N4O3. The Morgan fingerprint density at radius 2 is 2.15 bits per heavy atom. The Kier molecular flexibility index (Phi) is 4.17. The molecule has 0 N–H and O–H groups in total. The van der Waals surface area contributed by atoms with Crippen molar-refractivity contribution in [3.8, 4) is 0 Å². The predicted octanol–water partition coefficient (Wildman–Crippen LogP) is 0.252. The molecule has 0 spiro atoms. The van der Waals surface area contributed by atoms with Crippen LogP contribution in [0.3, 0.4) is 0 Å². The average molecular weight is 280 g/mol. The number of hydrogen-bond donors (Lipinski definition) is 0. The van der Waals surface area contributed by atoms with Gasteiger partial charge >= 0.3 is 5.97 Å². The molecule has 0 saturated carbocycles. The number of hydrogen-bond acceptors (Lipinski definition) is 6. The molecule has 1 aromatic rings. The van der Waals surface area contributed by atoms with Crippen LogP contribution in [0.15, 0.2) is 6.33 Å². The summed E-state index contributed by atoms with van der Waals surface area (Å²) in [5.41, 5.74) is -1.11. The summed E-state index contributed by atoms with van der Waals surface area (Å²) in [5.74, 6) is 0.243. The van der Waals surface area contributed by atoms with Crippen molar-refractivity contribution in [1.29, 1.82) is 0 Å². The minimum absolute atomic E-state index is 0.135. The van der Waals surface area contributed by atoms with Gasteiger partial charge in [0.1, 0.15) is 17.6 Å². The third-order valence-electron chi connectivity index (χ3n) is 3.57. The summed E-state index contributed by atoms with van der Waals surface area (Å²) in [6, 6.07) is 0. The van der Waals surface area contributed by atoms with Gasteiger partial charge in [-0.05, 0) is 20.8 Å². The van der Waals surface area contributed by atoms with E-state index in [9.17, 15) is 9.59 Å². The molecule has 0 saturated heterocycles. The van der Waals surface area contributed by atoms with E-state index >= 15 is 0 Å². The van der Waals surface area contributed by atoms with E-state index in [4.69, 9.17) is 4.74 Å². The molecule has 2 rings (SSSR count). The van der Waals surface area contributed by atoms with Gasteiger partial charge in [0.05, 0.1) is 19.7 Å². The lowest BCUT2D eigenvalue weighted by Gasteiger charge is -2.29. The van der Waals surface area contributed by atoms with E-state index in [0.717, 1.165) is 18.9 Å². The minimum atomic E-state index is -1.11. The maximum Gasteiger partial charge on any atom is 0.319 e. The SMILES string of the molecule is CCOC(=O)C(C)(C)C(=O)CN1CCn2cnnc2C1. The fourth-order valence-corrected chi connectivity index (χ4v) is 2.08. The molecule has 20 heavy (non-hydrogen) atoms. The highest BCUT2D eigenvalue weighted by Gasteiger charge is 2.38. The summed E-state index contributed by atoms with van der Waals surface area (Å²) in [6.07, 6.45) is 1.69. The monoisotopic (exact) mass is 280 g/mol. The molecule has 7 heteroatoms. The van der Waals surface area contributed by atoms with E-state index in [1.807, 2.05) is 9.47 Å². The van der Waals surface area contributed by atoms with Crippen molar-refractivity contribution >= 4 is 11.8 Å². The van der Waals surface area contributed by atoms with Crippen LogP contribution in [0.1, 0.15) is 26.6 Å². The molecule has 0 amide bonds. The standard InChI is InChI=1S/C13H20N4O3/c1-4-20-12(19)13(2,3)10(18)7-16-5-6-17-9-14-15-11(17)8-16/h9H,4-8H2,1-3H3. The molecule has 110 valence electrons. The van der Waals surface area contributed by atoms with Crippen LogP contribution >= 0.6 is 0 Å². The number of rotatable bonds is 5. The normalized spacial score (nSPS) is 15.8. The van der Waals surface area contributed by atoms with E-state index in [-0.39, 0.29) is 18.9 Å². The van der Waals surface area contributed by atoms with Gasteiger partial charge in [0, 0.05) is 13.1 Å². The van der Waals surface area contributed by atoms with Gasteiger partial charge in [0.25, 0.3) is 0 Å². The zero-order valence-corrected chi connectivity index (χ0v) is 12.1. The highest BCUT2D eigenvalue weighted by atomic mass is 16.5. The summed E-state index contributed by atoms with van der Waals surface area (Å²) < 4.78 is 6.93. The third kappa shape index (κ3) is 2.87. The summed E-state index contributed by atoms with van der Waals surface area (Å²) in [7, 11) is 0. The van der Waals surface area contributed by atoms with Gasteiger partial charge in [0.2, 0.25) is 0 Å². The Morgan fingerprint density at radius 3 is 2.85 bits per heavy atom. The lowest BCUT2D eigenvalue weighted by atomic mass is 9.87. The van der Waals surface area contributed by atoms with Crippen molar-refractivity contribution in [1.82, 2.24) is 19.7 Å². The maximum absolute atomic E-state index is 12.3. The Bertz CT molecular complexity index is 509. The zero-order chi connectivity index (χ0) is 14.8. The summed E-state index contributed by atoms with van der Waals surface area (Å²) in [6.45, 7) is 7.53. The van der Waals surface area contributed by atoms with Crippen molar-refractivity contribution in [3.05, 3.63) is 12.2 Å². The van der Waals surface area contributed by atoms with Crippen LogP contribution in [-0.2, 0) is 27.4 Å². The van der Waals surface area contributed by atoms with Crippen LogP contribution in [-0.4, -0.2) is 51.1 Å². The fourth-order valence-electron chi connectivity index (χ4n) is 2.08. The number of carbonyl (C=O) groups excluding carboxylic acids is 2. The highest BCUT2D eigenvalue weighted by molar-refractivity contribution is 6.03. The highest BCUT2D eigenvalue weighted by Crippen LogP contribution is 2.20. The predicted molar refractivity (Wildman–Crippen MR) is 70.7 cm³/mol. The molecule has 0 aliphatic carbocycles. The first kappa shape index (κ1) is 14.6. The maximum atomic E-state index is 12.3. The first-order chi connectivity index (χ1) is 9.45. The van der Waals surface area contributed by atoms with E-state index in [1.165, 1.54) is 0 Å². The largest absolute Gasteiger partial charge is 0.465 e. The van der Waals surface area contributed by atoms with Crippen LogP contribution in [0.4, 0.5) is 0 Å². The summed E-state index contributed by atoms with van der Waals surface area (Å²) in [5, 5.41) is 7.86. The number of ether oxygens (including phenoxy) is 1. The van der Waals surface area contributed by atoms with Gasteiger partial charge in [-0.25, -0.2) is 0 Å². The smallest absolute Gasteiger partial charge is 0.319 e. The molecular weight excluding hydrogens is 260 g/mol. The molecule has 1 aliphatic rings. The van der Waals surface area contributed by atoms with E-state index in [2.05, 4.69) is 10.2 Å². The Balaban J connectivity index is 1.97. The summed E-state index contributed by atoms with van der Waals surface area (Å²) >= 11 is 0. The van der Waals surface area contributed by atoms with Gasteiger partial charge in [-0.1, -0.05) is 0 Å². The molecule has 0 aromatic carbocycles. The molecule has 0 fully saturated rings. The number of ketones is 1. The van der Waals surface area contributed by atoms with Crippen LogP contribution < -0.4 is 0 Å². The van der Waals surface area contributed by atoms with Crippen LogP contribution in [0.25, 0.3) is 0 Å². The molecule has 0 radical (unpaired) electrons. The molecule has 1 aromatic heterocycles. The minimum Gasteiger partial charge on any atom is -0.465 e. The van der Waals surface area contributed by atoms with Crippen LogP contribution in [0.5, 0.6) is 0 Å². The Labute approximate surface area is 117 Å². The van der Waals surface area contributed by atoms with E-state index < -0.39 is 11.4 Å². The second-order valence-electron chi connectivity index (χ2n) is 5.42. The number of esters is 1. The van der Waals surface area contributed by atoms with Gasteiger partial charge in [-0.3, -0.25) is 14.5 Å². The Hall–Kier alpha value is -1.76. The number of Topliss-reactive ketones (excluding diaryl/α,β-unsaturated/α-hetero) is 1. The van der Waals surface area contributed by atoms with Crippen molar-refractivity contribution in [2.75, 3.05) is 19.7 Å². The number of fused-ring (bicyclic) bond motifs is 1. The molecule has 2 heterocycles. The van der Waals surface area contributed by atoms with Crippen LogP contribution in [0, 0.1) is 5.41 Å². The number of carbonyl (C=O) groups is 2. The quantitative estimate of drug-likeness (QED) is 0.568. The first-order valence-electron chi connectivity index (χ1n) is 6.74. The van der Waals surface area contributed by atoms with E-state index in [1.54, 1.807) is 27.1 Å². The van der Waals surface area contributed by atoms with Crippen molar-refractivity contribution in [2.45, 2.75) is 33.9 Å². The third-order valence-corrected chi connectivity index (χ3v) is 3.57.